The number of nitro benzene ring substituents is 1. The number of nitriles is 1. The highest BCUT2D eigenvalue weighted by molar-refractivity contribution is 7.19. The van der Waals surface area contributed by atoms with E-state index in [1.807, 2.05) is 0 Å². The van der Waals surface area contributed by atoms with Gasteiger partial charge in [-0.05, 0) is 30.3 Å². The van der Waals surface area contributed by atoms with Gasteiger partial charge in [0.2, 0.25) is 0 Å². The molecule has 7 nitrogen and oxygen atoms in total. The maximum atomic E-state index is 12.9. The molecule has 0 atom stereocenters. The molecular weight excluding hydrogens is 461 g/mol. The number of aromatic nitrogens is 1. The highest BCUT2D eigenvalue weighted by Crippen LogP contribution is 2.38. The zero-order valence-corrected chi connectivity index (χ0v) is 16.6. The summed E-state index contributed by atoms with van der Waals surface area (Å²) in [6, 6.07) is 6.45. The van der Waals surface area contributed by atoms with Crippen LogP contribution in [-0.2, 0) is 6.18 Å². The SMILES string of the molecule is COc1cc(C=C(C#N)c2nc3cc(C(F)(F)F)ccc3s2)c([N+](=O)[O-])cc1OC(F)F. The summed E-state index contributed by atoms with van der Waals surface area (Å²) in [4.78, 5) is 14.6. The lowest BCUT2D eigenvalue weighted by atomic mass is 10.1. The molecule has 0 radical (unpaired) electrons. The van der Waals surface area contributed by atoms with E-state index in [9.17, 15) is 37.3 Å². The number of benzene rings is 2. The Balaban J connectivity index is 2.13. The number of hydrogen-bond acceptors (Lipinski definition) is 7. The second-order valence-corrected chi connectivity index (χ2v) is 7.10. The summed E-state index contributed by atoms with van der Waals surface area (Å²) in [5.74, 6) is -0.830. The Morgan fingerprint density at radius 2 is 2.00 bits per heavy atom. The van der Waals surface area contributed by atoms with Crippen molar-refractivity contribution in [3.05, 3.63) is 56.6 Å². The lowest BCUT2D eigenvalue weighted by Crippen LogP contribution is -2.05. The largest absolute Gasteiger partial charge is 0.493 e. The Hall–Kier alpha value is -3.79. The van der Waals surface area contributed by atoms with E-state index < -0.39 is 34.7 Å². The van der Waals surface area contributed by atoms with E-state index in [-0.39, 0.29) is 27.4 Å². The highest BCUT2D eigenvalue weighted by atomic mass is 32.1. The van der Waals surface area contributed by atoms with Crippen LogP contribution in [0.5, 0.6) is 11.5 Å². The van der Waals surface area contributed by atoms with Gasteiger partial charge < -0.3 is 9.47 Å². The predicted octanol–water partition coefficient (Wildman–Crippen LogP) is 5.90. The fourth-order valence-electron chi connectivity index (χ4n) is 2.70. The Labute approximate surface area is 180 Å². The van der Waals surface area contributed by atoms with Gasteiger partial charge >= 0.3 is 12.8 Å². The molecule has 0 N–H and O–H groups in total. The van der Waals surface area contributed by atoms with Crippen molar-refractivity contribution in [2.45, 2.75) is 12.8 Å². The van der Waals surface area contributed by atoms with Crippen molar-refractivity contribution in [1.82, 2.24) is 4.98 Å². The molecule has 0 aliphatic carbocycles. The Kier molecular flexibility index (Phi) is 6.26. The Morgan fingerprint density at radius 3 is 2.56 bits per heavy atom. The summed E-state index contributed by atoms with van der Waals surface area (Å²) in [7, 11) is 1.13. The quantitative estimate of drug-likeness (QED) is 0.192. The third-order valence-electron chi connectivity index (χ3n) is 4.09. The molecule has 0 aliphatic heterocycles. The van der Waals surface area contributed by atoms with Crippen LogP contribution in [0.25, 0.3) is 21.9 Å². The number of nitrogens with zero attached hydrogens (tertiary/aromatic N) is 3. The van der Waals surface area contributed by atoms with Crippen LogP contribution in [0.15, 0.2) is 30.3 Å². The van der Waals surface area contributed by atoms with Crippen LogP contribution in [0, 0.1) is 21.4 Å². The molecule has 0 fully saturated rings. The van der Waals surface area contributed by atoms with Crippen molar-refractivity contribution >= 4 is 38.9 Å². The average molecular weight is 471 g/mol. The number of ether oxygens (including phenoxy) is 2. The molecule has 3 rings (SSSR count). The van der Waals surface area contributed by atoms with Crippen LogP contribution in [0.4, 0.5) is 27.6 Å². The fourth-order valence-corrected chi connectivity index (χ4v) is 3.61. The lowest BCUT2D eigenvalue weighted by Gasteiger charge is -2.11. The normalized spacial score (nSPS) is 12.1. The Morgan fingerprint density at radius 1 is 1.28 bits per heavy atom. The number of halogens is 5. The predicted molar refractivity (Wildman–Crippen MR) is 104 cm³/mol. The summed E-state index contributed by atoms with van der Waals surface area (Å²) in [6.45, 7) is -3.26. The van der Waals surface area contributed by atoms with E-state index in [2.05, 4.69) is 9.72 Å². The monoisotopic (exact) mass is 471 g/mol. The van der Waals surface area contributed by atoms with Gasteiger partial charge in [-0.3, -0.25) is 10.1 Å². The number of rotatable bonds is 6. The fraction of sp³-hybridized carbons (Fsp3) is 0.158. The van der Waals surface area contributed by atoms with E-state index in [1.54, 1.807) is 6.07 Å². The number of hydrogen-bond donors (Lipinski definition) is 0. The van der Waals surface area contributed by atoms with Gasteiger partial charge in [-0.15, -0.1) is 11.3 Å². The van der Waals surface area contributed by atoms with Crippen molar-refractivity contribution in [3.63, 3.8) is 0 Å². The van der Waals surface area contributed by atoms with Crippen molar-refractivity contribution < 1.29 is 36.3 Å². The molecule has 3 aromatic rings. The first kappa shape index (κ1) is 22.9. The lowest BCUT2D eigenvalue weighted by molar-refractivity contribution is -0.385. The first-order valence-corrected chi connectivity index (χ1v) is 9.26. The van der Waals surface area contributed by atoms with E-state index in [0.29, 0.717) is 4.70 Å². The first-order chi connectivity index (χ1) is 15.0. The van der Waals surface area contributed by atoms with Crippen molar-refractivity contribution in [3.8, 4) is 17.6 Å². The molecule has 0 aliphatic rings. The number of allylic oxidation sites excluding steroid dienone is 1. The molecule has 0 amide bonds. The molecule has 32 heavy (non-hydrogen) atoms. The summed E-state index contributed by atoms with van der Waals surface area (Å²) in [5.41, 5.74) is -1.95. The van der Waals surface area contributed by atoms with E-state index in [0.717, 1.165) is 48.8 Å². The second-order valence-electron chi connectivity index (χ2n) is 6.07. The number of nitro groups is 1. The summed E-state index contributed by atoms with van der Waals surface area (Å²) >= 11 is 0.910. The molecular formula is C19H10F5N3O4S. The molecule has 0 saturated heterocycles. The van der Waals surface area contributed by atoms with Crippen LogP contribution in [0.2, 0.25) is 0 Å². The van der Waals surface area contributed by atoms with Gasteiger partial charge in [0.05, 0.1) is 45.0 Å². The summed E-state index contributed by atoms with van der Waals surface area (Å²) in [6.07, 6.45) is -3.51. The van der Waals surface area contributed by atoms with Gasteiger partial charge in [-0.1, -0.05) is 0 Å². The Bertz CT molecular complexity index is 1260. The minimum absolute atomic E-state index is 0.00580. The number of fused-ring (bicyclic) bond motifs is 1. The number of methoxy groups -OCH3 is 1. The highest BCUT2D eigenvalue weighted by Gasteiger charge is 2.31. The van der Waals surface area contributed by atoms with Gasteiger partial charge in [0.1, 0.15) is 11.1 Å². The molecule has 2 aromatic carbocycles. The van der Waals surface area contributed by atoms with Crippen LogP contribution in [-0.4, -0.2) is 23.6 Å². The molecule has 1 heterocycles. The second kappa shape index (κ2) is 8.75. The number of thiazole rings is 1. The third kappa shape index (κ3) is 4.75. The van der Waals surface area contributed by atoms with Crippen LogP contribution >= 0.6 is 11.3 Å². The molecule has 0 saturated carbocycles. The first-order valence-electron chi connectivity index (χ1n) is 8.44. The summed E-state index contributed by atoms with van der Waals surface area (Å²) < 4.78 is 73.4. The van der Waals surface area contributed by atoms with Crippen LogP contribution in [0.3, 0.4) is 0 Å². The minimum atomic E-state index is -4.58. The van der Waals surface area contributed by atoms with Gasteiger partial charge in [0.15, 0.2) is 11.5 Å². The van der Waals surface area contributed by atoms with E-state index >= 15 is 0 Å². The average Bonchev–Trinajstić information content (AvgIpc) is 3.14. The summed E-state index contributed by atoms with van der Waals surface area (Å²) in [5, 5.41) is 21.0. The van der Waals surface area contributed by atoms with Gasteiger partial charge in [0, 0.05) is 0 Å². The zero-order chi connectivity index (χ0) is 23.6. The van der Waals surface area contributed by atoms with Crippen molar-refractivity contribution in [2.75, 3.05) is 7.11 Å². The molecule has 1 aromatic heterocycles. The maximum Gasteiger partial charge on any atom is 0.416 e. The van der Waals surface area contributed by atoms with Crippen LogP contribution < -0.4 is 9.47 Å². The standard InChI is InChI=1S/C19H10F5N3O4S/c1-30-14-5-9(13(27(28)29)7-15(14)31-18(20)21)4-10(8-25)17-26-12-6-11(19(22,23)24)2-3-16(12)32-17/h2-7,18H,1H3. The molecule has 166 valence electrons. The van der Waals surface area contributed by atoms with E-state index in [4.69, 9.17) is 4.74 Å². The topological polar surface area (TPSA) is 98.3 Å². The van der Waals surface area contributed by atoms with Gasteiger partial charge in [0.25, 0.3) is 5.69 Å². The van der Waals surface area contributed by atoms with Gasteiger partial charge in [-0.2, -0.15) is 27.2 Å². The molecule has 0 spiro atoms. The smallest absolute Gasteiger partial charge is 0.416 e. The van der Waals surface area contributed by atoms with Crippen molar-refractivity contribution in [2.24, 2.45) is 0 Å². The zero-order valence-electron chi connectivity index (χ0n) is 15.8. The maximum absolute atomic E-state index is 12.9. The van der Waals surface area contributed by atoms with Crippen LogP contribution in [0.1, 0.15) is 16.1 Å². The van der Waals surface area contributed by atoms with Crippen molar-refractivity contribution in [1.29, 1.82) is 5.26 Å². The number of alkyl halides is 5. The minimum Gasteiger partial charge on any atom is -0.493 e. The van der Waals surface area contributed by atoms with E-state index in [1.165, 1.54) is 6.07 Å². The molecule has 0 unspecified atom stereocenters. The van der Waals surface area contributed by atoms with Gasteiger partial charge in [-0.25, -0.2) is 4.98 Å². The molecule has 13 heteroatoms. The third-order valence-corrected chi connectivity index (χ3v) is 5.16. The molecule has 0 bridgehead atoms.